The van der Waals surface area contributed by atoms with Gasteiger partial charge in [0.05, 0.1) is 27.5 Å². The van der Waals surface area contributed by atoms with E-state index in [1.165, 1.54) is 71.7 Å². The zero-order valence-electron chi connectivity index (χ0n) is 30.9. The third-order valence-corrected chi connectivity index (χ3v) is 13.2. The second-order valence-corrected chi connectivity index (χ2v) is 15.3. The number of benzene rings is 5. The molecular formula is C50H41N3O+2. The summed E-state index contributed by atoms with van der Waals surface area (Å²) in [5.74, 6) is 0. The van der Waals surface area contributed by atoms with Crippen LogP contribution in [0.3, 0.4) is 0 Å². The number of rotatable bonds is 6. The van der Waals surface area contributed by atoms with E-state index in [9.17, 15) is 0 Å². The summed E-state index contributed by atoms with van der Waals surface area (Å²) < 4.78 is 13.8. The predicted molar refractivity (Wildman–Crippen MR) is 221 cm³/mol. The van der Waals surface area contributed by atoms with Gasteiger partial charge in [-0.05, 0) is 72.5 Å². The standard InChI is InChI=1S/C50H41N3O/c1-5-49(31-32-17-8-9-18-33(32)42-22-12-14-25-51(42)4)41-29-44-38(28-40(41)43-23-13-15-26-52(43)50(49,6-2)7-3)36-21-16-20-35-37-27-39-34-19-10-11-24-46(34)54-47(39)30-45(37)53(44)48(35)36/h6,8-30H,2,5,7,31H2,1,3-4H3/q+2. The second-order valence-electron chi connectivity index (χ2n) is 15.3. The van der Waals surface area contributed by atoms with Gasteiger partial charge in [0.15, 0.2) is 17.9 Å². The Labute approximate surface area is 314 Å². The van der Waals surface area contributed by atoms with E-state index in [-0.39, 0.29) is 11.0 Å². The molecule has 54 heavy (non-hydrogen) atoms. The summed E-state index contributed by atoms with van der Waals surface area (Å²) in [7, 11) is 2.14. The number of furan rings is 1. The SMILES string of the molecule is C=CC1(CC)[n+]2ccccc2-c2cc3c4cccc5c6cc7c(cc6n(c3cc2C1(CC)Cc1ccccc1-c1cccc[n+]1C)c45)oc1ccccc17. The predicted octanol–water partition coefficient (Wildman–Crippen LogP) is 11.4. The molecule has 0 amide bonds. The summed E-state index contributed by atoms with van der Waals surface area (Å²) in [6.45, 7) is 9.39. The second kappa shape index (κ2) is 11.1. The molecule has 0 fully saturated rings. The van der Waals surface area contributed by atoms with E-state index >= 15 is 0 Å². The molecule has 5 aromatic heterocycles. The van der Waals surface area contributed by atoms with Crippen LogP contribution in [0.1, 0.15) is 37.8 Å². The molecule has 1 aliphatic rings. The fourth-order valence-electron chi connectivity index (χ4n) is 10.7. The Kier molecular flexibility index (Phi) is 6.45. The molecule has 260 valence electrons. The molecule has 10 aromatic rings. The molecule has 1 aliphatic heterocycles. The monoisotopic (exact) mass is 699 g/mol. The molecule has 0 N–H and O–H groups in total. The highest BCUT2D eigenvalue weighted by atomic mass is 16.3. The van der Waals surface area contributed by atoms with Crippen molar-refractivity contribution in [3.63, 3.8) is 0 Å². The highest BCUT2D eigenvalue weighted by Crippen LogP contribution is 2.55. The van der Waals surface area contributed by atoms with Crippen LogP contribution < -0.4 is 9.13 Å². The van der Waals surface area contributed by atoms with E-state index in [0.29, 0.717) is 0 Å². The van der Waals surface area contributed by atoms with E-state index < -0.39 is 0 Å². The van der Waals surface area contributed by atoms with E-state index in [2.05, 4.69) is 181 Å². The van der Waals surface area contributed by atoms with Crippen molar-refractivity contribution >= 4 is 60.0 Å². The lowest BCUT2D eigenvalue weighted by Gasteiger charge is -2.49. The first-order chi connectivity index (χ1) is 26.5. The molecule has 0 spiro atoms. The van der Waals surface area contributed by atoms with Gasteiger partial charge in [-0.25, -0.2) is 4.57 Å². The van der Waals surface area contributed by atoms with Gasteiger partial charge >= 0.3 is 0 Å². The molecule has 0 bridgehead atoms. The summed E-state index contributed by atoms with van der Waals surface area (Å²) in [6, 6.07) is 47.1. The summed E-state index contributed by atoms with van der Waals surface area (Å²) in [6.07, 6.45) is 9.40. The molecule has 0 saturated heterocycles. The quantitative estimate of drug-likeness (QED) is 0.125. The Morgan fingerprint density at radius 3 is 2.13 bits per heavy atom. The van der Waals surface area contributed by atoms with Crippen LogP contribution in [0.4, 0.5) is 0 Å². The van der Waals surface area contributed by atoms with Crippen LogP contribution in [0.25, 0.3) is 82.5 Å². The molecule has 11 rings (SSSR count). The number of aryl methyl sites for hydroxylation is 1. The number of nitrogens with zero attached hydrogens (tertiary/aromatic N) is 3. The molecule has 2 unspecified atom stereocenters. The maximum atomic E-state index is 6.49. The zero-order valence-corrected chi connectivity index (χ0v) is 30.9. The first-order valence-corrected chi connectivity index (χ1v) is 19.3. The number of hydrogen-bond donors (Lipinski definition) is 0. The van der Waals surface area contributed by atoms with Gasteiger partial charge in [0.1, 0.15) is 18.2 Å². The maximum Gasteiger partial charge on any atom is 0.213 e. The van der Waals surface area contributed by atoms with Crippen LogP contribution in [0.15, 0.2) is 157 Å². The van der Waals surface area contributed by atoms with Gasteiger partial charge < -0.3 is 8.82 Å². The lowest BCUT2D eigenvalue weighted by Crippen LogP contribution is -2.69. The Morgan fingerprint density at radius 1 is 0.630 bits per heavy atom. The van der Waals surface area contributed by atoms with Gasteiger partial charge in [-0.15, -0.1) is 0 Å². The van der Waals surface area contributed by atoms with Crippen LogP contribution in [0, 0.1) is 0 Å². The lowest BCUT2D eigenvalue weighted by atomic mass is 9.56. The third kappa shape index (κ3) is 3.82. The lowest BCUT2D eigenvalue weighted by molar-refractivity contribution is -0.756. The average Bonchev–Trinajstić information content (AvgIpc) is 3.86. The first kappa shape index (κ1) is 31.3. The third-order valence-electron chi connectivity index (χ3n) is 13.2. The van der Waals surface area contributed by atoms with Gasteiger partial charge in [0, 0.05) is 74.6 Å². The van der Waals surface area contributed by atoms with E-state index in [1.54, 1.807) is 0 Å². The largest absolute Gasteiger partial charge is 0.456 e. The van der Waals surface area contributed by atoms with Crippen LogP contribution >= 0.6 is 0 Å². The Balaban J connectivity index is 1.27. The Hall–Kier alpha value is -6.26. The van der Waals surface area contributed by atoms with Gasteiger partial charge in [-0.2, -0.15) is 4.57 Å². The van der Waals surface area contributed by atoms with Crippen molar-refractivity contribution in [2.45, 2.75) is 44.1 Å². The summed E-state index contributed by atoms with van der Waals surface area (Å²) in [5.41, 5.74) is 12.6. The van der Waals surface area contributed by atoms with Crippen molar-refractivity contribution in [2.75, 3.05) is 0 Å². The minimum atomic E-state index is -0.383. The molecule has 2 atom stereocenters. The van der Waals surface area contributed by atoms with E-state index in [4.69, 9.17) is 4.42 Å². The van der Waals surface area contributed by atoms with Gasteiger partial charge in [-0.3, -0.25) is 0 Å². The van der Waals surface area contributed by atoms with Crippen molar-refractivity contribution in [2.24, 2.45) is 7.05 Å². The number of pyridine rings is 2. The summed E-state index contributed by atoms with van der Waals surface area (Å²) >= 11 is 0. The van der Waals surface area contributed by atoms with Crippen LogP contribution in [-0.2, 0) is 24.4 Å². The van der Waals surface area contributed by atoms with Gasteiger partial charge in [-0.1, -0.05) is 75.0 Å². The topological polar surface area (TPSA) is 25.3 Å². The molecule has 5 aromatic carbocycles. The fraction of sp³-hybridized carbons (Fsp3) is 0.160. The number of aromatic nitrogens is 3. The van der Waals surface area contributed by atoms with Gasteiger partial charge in [0.25, 0.3) is 0 Å². The molecular weight excluding hydrogens is 659 g/mol. The maximum absolute atomic E-state index is 6.49. The first-order valence-electron chi connectivity index (χ1n) is 19.3. The normalized spacial score (nSPS) is 18.4. The van der Waals surface area contributed by atoms with E-state index in [1.807, 2.05) is 6.07 Å². The number of fused-ring (bicyclic) bond motifs is 12. The minimum Gasteiger partial charge on any atom is -0.456 e. The number of hydrogen-bond acceptors (Lipinski definition) is 1. The van der Waals surface area contributed by atoms with Crippen molar-refractivity contribution in [1.82, 2.24) is 4.40 Å². The van der Waals surface area contributed by atoms with Crippen LogP contribution in [0.2, 0.25) is 0 Å². The highest BCUT2D eigenvalue weighted by Gasteiger charge is 2.60. The molecule has 4 nitrogen and oxygen atoms in total. The van der Waals surface area contributed by atoms with Crippen LogP contribution in [-0.4, -0.2) is 4.40 Å². The Bertz CT molecular complexity index is 3160. The van der Waals surface area contributed by atoms with Crippen molar-refractivity contribution in [1.29, 1.82) is 0 Å². The van der Waals surface area contributed by atoms with Crippen molar-refractivity contribution in [3.05, 3.63) is 164 Å². The molecule has 0 radical (unpaired) electrons. The zero-order chi connectivity index (χ0) is 36.3. The molecule has 0 saturated carbocycles. The highest BCUT2D eigenvalue weighted by molar-refractivity contribution is 6.26. The van der Waals surface area contributed by atoms with Crippen molar-refractivity contribution < 1.29 is 13.6 Å². The van der Waals surface area contributed by atoms with Gasteiger partial charge in [0.2, 0.25) is 11.4 Å². The minimum absolute atomic E-state index is 0.320. The smallest absolute Gasteiger partial charge is 0.213 e. The summed E-state index contributed by atoms with van der Waals surface area (Å²) in [5, 5.41) is 7.42. The molecule has 4 heteroatoms. The van der Waals surface area contributed by atoms with Crippen molar-refractivity contribution in [3.8, 4) is 22.5 Å². The Morgan fingerprint density at radius 2 is 1.33 bits per heavy atom. The summed E-state index contributed by atoms with van der Waals surface area (Å²) in [4.78, 5) is 0. The number of allylic oxidation sites excluding steroid dienone is 1. The van der Waals surface area contributed by atoms with E-state index in [0.717, 1.165) is 41.2 Å². The van der Waals surface area contributed by atoms with Crippen LogP contribution in [0.5, 0.6) is 0 Å². The number of para-hydroxylation sites is 2. The molecule has 6 heterocycles. The molecule has 0 aliphatic carbocycles. The fourth-order valence-corrected chi connectivity index (χ4v) is 10.7. The average molecular weight is 700 g/mol.